The van der Waals surface area contributed by atoms with E-state index < -0.39 is 0 Å². The third-order valence-electron chi connectivity index (χ3n) is 0. The van der Waals surface area contributed by atoms with E-state index in [0.717, 1.165) is 5.34 Å². The van der Waals surface area contributed by atoms with Crippen LogP contribution in [0, 0.1) is 10.1 Å². The molecule has 0 heterocycles. The average Bonchev–Trinajstić information content (AvgIpc) is 0.918. The first-order valence-corrected chi connectivity index (χ1v) is 0.365. The minimum atomic E-state index is 0. The molecule has 0 saturated heterocycles. The van der Waals surface area contributed by atoms with Crippen LogP contribution in [-0.2, 0) is 39.0 Å². The average molecular weight is 177 g/mol. The Labute approximate surface area is 54.6 Å². The number of nitrogens with zero attached hydrogens (tertiary/aromatic N) is 1. The standard InChI is InChI=1S/HNO2.2Zn/c2-1-3;;/h(H,2,3);;/p-1. The molecule has 0 aromatic rings. The first-order chi connectivity index (χ1) is 1.41. The van der Waals surface area contributed by atoms with Crippen molar-refractivity contribution in [2.75, 3.05) is 0 Å². The van der Waals surface area contributed by atoms with Gasteiger partial charge in [-0.1, -0.05) is 0 Å². The van der Waals surface area contributed by atoms with Crippen LogP contribution in [-0.4, -0.2) is 0 Å². The van der Waals surface area contributed by atoms with Crippen molar-refractivity contribution < 1.29 is 39.0 Å². The van der Waals surface area contributed by atoms with E-state index in [4.69, 9.17) is 10.1 Å². The molecule has 0 unspecified atom stereocenters. The molecule has 5 heteroatoms. The van der Waals surface area contributed by atoms with Crippen LogP contribution in [0.25, 0.3) is 0 Å². The summed E-state index contributed by atoms with van der Waals surface area (Å²) in [7, 11) is 0. The largest absolute Gasteiger partial charge is 0.444 e. The zero-order valence-corrected chi connectivity index (χ0v) is 8.61. The second-order valence-corrected chi connectivity index (χ2v) is 0.0745. The van der Waals surface area contributed by atoms with E-state index in [9.17, 15) is 0 Å². The van der Waals surface area contributed by atoms with Crippen LogP contribution < -0.4 is 0 Å². The normalized spacial score (nSPS) is 2.40. The van der Waals surface area contributed by atoms with Crippen molar-refractivity contribution >= 4 is 0 Å². The molecule has 0 N–H and O–H groups in total. The van der Waals surface area contributed by atoms with Crippen molar-refractivity contribution in [3.63, 3.8) is 0 Å². The van der Waals surface area contributed by atoms with Gasteiger partial charge in [0.1, 0.15) is 0 Å². The Kier molecular flexibility index (Phi) is 79.3. The van der Waals surface area contributed by atoms with E-state index in [-0.39, 0.29) is 39.0 Å². The Bertz CT molecular complexity index is 15.1. The third-order valence-corrected chi connectivity index (χ3v) is 0. The Morgan fingerprint density at radius 1 is 1.40 bits per heavy atom. The van der Waals surface area contributed by atoms with Gasteiger partial charge in [0.05, 0.1) is 0 Å². The molecule has 0 fully saturated rings. The van der Waals surface area contributed by atoms with E-state index in [1.165, 1.54) is 0 Å². The van der Waals surface area contributed by atoms with E-state index in [1.807, 2.05) is 0 Å². The molecule has 0 rings (SSSR count). The maximum absolute atomic E-state index is 8.00. The Morgan fingerprint density at radius 3 is 1.40 bits per heavy atom. The summed E-state index contributed by atoms with van der Waals surface area (Å²) >= 11 is 0. The summed E-state index contributed by atoms with van der Waals surface area (Å²) in [4.78, 5) is 8.00. The zero-order chi connectivity index (χ0) is 2.71. The minimum absolute atomic E-state index is 0. The van der Waals surface area contributed by atoms with Crippen molar-refractivity contribution in [1.82, 2.24) is 0 Å². The van der Waals surface area contributed by atoms with E-state index in [1.54, 1.807) is 0 Å². The van der Waals surface area contributed by atoms with Crippen LogP contribution in [0.2, 0.25) is 0 Å². The SMILES string of the molecule is O=N[O-].[Zn].[Zn]. The summed E-state index contributed by atoms with van der Waals surface area (Å²) in [6.07, 6.45) is 0. The monoisotopic (exact) mass is 174 g/mol. The molecule has 0 saturated carbocycles. The van der Waals surface area contributed by atoms with E-state index in [0.29, 0.717) is 0 Å². The maximum Gasteiger partial charge on any atom is 0 e. The predicted molar refractivity (Wildman–Crippen MR) is 9.16 cm³/mol. The maximum atomic E-state index is 8.00. The molecule has 3 nitrogen and oxygen atoms in total. The van der Waals surface area contributed by atoms with Crippen LogP contribution in [0.15, 0.2) is 5.34 Å². The molecular weight excluding hydrogens is 177 g/mol. The molecule has 0 bridgehead atoms. The fraction of sp³-hybridized carbons (Fsp3) is 0. The van der Waals surface area contributed by atoms with Crippen molar-refractivity contribution in [2.45, 2.75) is 0 Å². The first kappa shape index (κ1) is 17.4. The topological polar surface area (TPSA) is 52.5 Å². The molecule has 5 heavy (non-hydrogen) atoms. The molecule has 0 aliphatic carbocycles. The Balaban J connectivity index is -0.0000000200. The predicted octanol–water partition coefficient (Wildman–Crippen LogP) is 0.246. The van der Waals surface area contributed by atoms with Gasteiger partial charge in [-0.15, -0.1) is 5.34 Å². The van der Waals surface area contributed by atoms with Gasteiger partial charge in [-0.05, 0) is 0 Å². The van der Waals surface area contributed by atoms with Crippen molar-refractivity contribution in [1.29, 1.82) is 0 Å². The van der Waals surface area contributed by atoms with Crippen LogP contribution >= 0.6 is 0 Å². The van der Waals surface area contributed by atoms with Crippen molar-refractivity contribution in [2.24, 2.45) is 5.34 Å². The van der Waals surface area contributed by atoms with Gasteiger partial charge >= 0.3 is 0 Å². The number of hydrogen-bond donors (Lipinski definition) is 0. The summed E-state index contributed by atoms with van der Waals surface area (Å²) in [6, 6.07) is 0. The van der Waals surface area contributed by atoms with Crippen LogP contribution in [0.3, 0.4) is 0 Å². The molecule has 0 radical (unpaired) electrons. The van der Waals surface area contributed by atoms with Crippen LogP contribution in [0.1, 0.15) is 0 Å². The first-order valence-electron chi connectivity index (χ1n) is 0.365. The van der Waals surface area contributed by atoms with Gasteiger partial charge in [0.2, 0.25) is 0 Å². The molecule has 0 atom stereocenters. The van der Waals surface area contributed by atoms with E-state index in [2.05, 4.69) is 0 Å². The second kappa shape index (κ2) is 22.8. The van der Waals surface area contributed by atoms with Gasteiger partial charge in [0.25, 0.3) is 0 Å². The number of hydrogen-bond acceptors (Lipinski definition) is 3. The smallest absolute Gasteiger partial charge is 0 e. The Hall–Kier alpha value is 0.647. The summed E-state index contributed by atoms with van der Waals surface area (Å²) < 4.78 is 0. The molecule has 0 amide bonds. The minimum Gasteiger partial charge on any atom is -0.444 e. The fourth-order valence-corrected chi connectivity index (χ4v) is 0. The summed E-state index contributed by atoms with van der Waals surface area (Å²) in [6.45, 7) is 0. The summed E-state index contributed by atoms with van der Waals surface area (Å²) in [5.41, 5.74) is 0. The molecule has 0 aromatic heterocycles. The zero-order valence-electron chi connectivity index (χ0n) is 2.68. The second-order valence-electron chi connectivity index (χ2n) is 0.0745. The molecule has 22 valence electrons. The summed E-state index contributed by atoms with van der Waals surface area (Å²) in [5.74, 6) is 0. The van der Waals surface area contributed by atoms with Gasteiger partial charge in [-0.2, -0.15) is 0 Å². The fourth-order valence-electron chi connectivity index (χ4n) is 0. The van der Waals surface area contributed by atoms with Gasteiger partial charge in [0, 0.05) is 39.0 Å². The van der Waals surface area contributed by atoms with Crippen molar-refractivity contribution in [3.05, 3.63) is 10.1 Å². The van der Waals surface area contributed by atoms with Gasteiger partial charge in [0.15, 0.2) is 0 Å². The Morgan fingerprint density at radius 2 is 1.40 bits per heavy atom. The van der Waals surface area contributed by atoms with Gasteiger partial charge in [-0.3, -0.25) is 0 Å². The quantitative estimate of drug-likeness (QED) is 0.302. The molecular formula is NO2Zn2-. The molecule has 0 aliphatic rings. The number of rotatable bonds is 0. The van der Waals surface area contributed by atoms with Crippen LogP contribution in [0.5, 0.6) is 0 Å². The van der Waals surface area contributed by atoms with Gasteiger partial charge in [-0.25, -0.2) is 0 Å². The van der Waals surface area contributed by atoms with E-state index >= 15 is 0 Å². The third kappa shape index (κ3) is 77.8. The van der Waals surface area contributed by atoms with Gasteiger partial charge < -0.3 is 10.1 Å². The molecule has 0 aliphatic heterocycles. The van der Waals surface area contributed by atoms with Crippen LogP contribution in [0.4, 0.5) is 0 Å². The molecule has 0 spiro atoms. The summed E-state index contributed by atoms with van der Waals surface area (Å²) in [5, 5.41) is 9.00. The molecule has 0 aromatic carbocycles. The van der Waals surface area contributed by atoms with Crippen molar-refractivity contribution in [3.8, 4) is 0 Å².